The third-order valence-electron chi connectivity index (χ3n) is 2.94. The SMILES string of the molecule is F[B-](F)(F)F.F[B-](F)(F)F.F[B-](F)(F)F.F[B-](F)(F)F.F[B-](F)(F)F.F[B-](F)(F)F.c1ccc([Se+](c2ccccc2)c2ccccc2)cc1. The van der Waals surface area contributed by atoms with E-state index >= 15 is 0 Å². The molecular weight excluding hydrogens is 816 g/mol. The van der Waals surface area contributed by atoms with Crippen molar-refractivity contribution in [1.29, 1.82) is 0 Å². The van der Waals surface area contributed by atoms with E-state index in [1.807, 2.05) is 0 Å². The predicted molar refractivity (Wildman–Crippen MR) is 145 cm³/mol. The van der Waals surface area contributed by atoms with Gasteiger partial charge < -0.3 is 104 Å². The Kier molecular flexibility index (Phi) is 25.9. The first kappa shape index (κ1) is 52.7. The Hall–Kier alpha value is -3.11. The van der Waals surface area contributed by atoms with Crippen LogP contribution in [0.25, 0.3) is 0 Å². The van der Waals surface area contributed by atoms with Crippen LogP contribution in [-0.4, -0.2) is 57.4 Å². The predicted octanol–water partition coefficient (Wildman–Crippen LogP) is 10.0. The van der Waals surface area contributed by atoms with Crippen LogP contribution in [0.4, 0.5) is 104 Å². The molecule has 0 aliphatic heterocycles. The molecule has 31 heteroatoms. The fourth-order valence-electron chi connectivity index (χ4n) is 2.08. The molecule has 0 radical (unpaired) electrons. The molecule has 3 aromatic carbocycles. The summed E-state index contributed by atoms with van der Waals surface area (Å²) in [6.07, 6.45) is 0. The maximum absolute atomic E-state index is 9.75. The van der Waals surface area contributed by atoms with E-state index in [-0.39, 0.29) is 0 Å². The van der Waals surface area contributed by atoms with Crippen molar-refractivity contribution < 1.29 is 104 Å². The molecule has 0 aromatic heterocycles. The summed E-state index contributed by atoms with van der Waals surface area (Å²) < 4.78 is 238. The van der Waals surface area contributed by atoms with E-state index < -0.39 is 57.4 Å². The fraction of sp³-hybridized carbons (Fsp3) is 0. The Morgan fingerprint density at radius 2 is 0.327 bits per heavy atom. The molecule has 0 fully saturated rings. The molecular formula is C18H15B6F24Se-5. The van der Waals surface area contributed by atoms with Gasteiger partial charge in [-0.1, -0.05) is 0 Å². The van der Waals surface area contributed by atoms with Gasteiger partial charge in [-0.05, 0) is 0 Å². The summed E-state index contributed by atoms with van der Waals surface area (Å²) in [5.41, 5.74) is 0. The molecule has 3 rings (SSSR count). The van der Waals surface area contributed by atoms with Crippen molar-refractivity contribution >= 4 is 70.8 Å². The van der Waals surface area contributed by atoms with Gasteiger partial charge in [0, 0.05) is 0 Å². The van der Waals surface area contributed by atoms with Crippen LogP contribution in [0.3, 0.4) is 0 Å². The molecule has 0 bridgehead atoms. The Morgan fingerprint density at radius 3 is 0.429 bits per heavy atom. The van der Waals surface area contributed by atoms with Gasteiger partial charge in [-0.2, -0.15) is 0 Å². The number of hydrogen-bond donors (Lipinski definition) is 0. The van der Waals surface area contributed by atoms with Gasteiger partial charge >= 0.3 is 162 Å². The molecule has 284 valence electrons. The average Bonchev–Trinajstić information content (AvgIpc) is 2.80. The van der Waals surface area contributed by atoms with Crippen molar-refractivity contribution in [2.75, 3.05) is 0 Å². The van der Waals surface area contributed by atoms with Gasteiger partial charge in [-0.15, -0.1) is 0 Å². The van der Waals surface area contributed by atoms with Crippen LogP contribution in [0.2, 0.25) is 0 Å². The summed E-state index contributed by atoms with van der Waals surface area (Å²) in [6, 6.07) is 32.6. The molecule has 0 saturated heterocycles. The molecule has 0 atom stereocenters. The first-order valence-electron chi connectivity index (χ1n) is 11.6. The van der Waals surface area contributed by atoms with E-state index in [9.17, 15) is 104 Å². The van der Waals surface area contributed by atoms with Crippen molar-refractivity contribution in [2.24, 2.45) is 0 Å². The van der Waals surface area contributed by atoms with E-state index in [1.165, 1.54) is 13.4 Å². The van der Waals surface area contributed by atoms with Crippen LogP contribution < -0.4 is 13.4 Å². The van der Waals surface area contributed by atoms with Gasteiger partial charge in [-0.3, -0.25) is 0 Å². The normalized spacial score (nSPS) is 11.4. The summed E-state index contributed by atoms with van der Waals surface area (Å²) in [6.45, 7) is 0. The number of halogens is 24. The minimum absolute atomic E-state index is 1.15. The quantitative estimate of drug-likeness (QED) is 0.182. The van der Waals surface area contributed by atoms with Crippen molar-refractivity contribution in [3.63, 3.8) is 0 Å². The molecule has 0 nitrogen and oxygen atoms in total. The minimum atomic E-state index is -6.00. The summed E-state index contributed by atoms with van der Waals surface area (Å²) >= 11 is -1.15. The summed E-state index contributed by atoms with van der Waals surface area (Å²) in [5.74, 6) is 0. The zero-order valence-electron chi connectivity index (χ0n) is 23.1. The maximum atomic E-state index is 9.75. The topological polar surface area (TPSA) is 0 Å². The Balaban J connectivity index is -0.000000280. The standard InChI is InChI=1S/C18H15Se.6BF4/c1-4-10-16(11-5-1)19(17-12-6-2-7-13-17)18-14-8-3-9-15-18;6*2-1(3,4)5/h1-15H;;;;;;/q+1;6*-1. The summed E-state index contributed by atoms with van der Waals surface area (Å²) in [7, 11) is -36.0. The molecule has 49 heavy (non-hydrogen) atoms. The molecule has 0 aliphatic carbocycles. The zero-order chi connectivity index (χ0) is 39.9. The third-order valence-corrected chi connectivity index (χ3v) is 7.62. The molecule has 0 saturated carbocycles. The second kappa shape index (κ2) is 24.1. The van der Waals surface area contributed by atoms with E-state index in [4.69, 9.17) is 0 Å². The fourth-order valence-corrected chi connectivity index (χ4v) is 6.49. The van der Waals surface area contributed by atoms with E-state index in [1.54, 1.807) is 0 Å². The van der Waals surface area contributed by atoms with Gasteiger partial charge in [0.2, 0.25) is 0 Å². The summed E-state index contributed by atoms with van der Waals surface area (Å²) in [4.78, 5) is 0. The third kappa shape index (κ3) is 76.3. The van der Waals surface area contributed by atoms with Gasteiger partial charge in [0.05, 0.1) is 0 Å². The molecule has 0 aliphatic rings. The second-order valence-electron chi connectivity index (χ2n) is 7.21. The molecule has 0 N–H and O–H groups in total. The van der Waals surface area contributed by atoms with E-state index in [0.717, 1.165) is 0 Å². The van der Waals surface area contributed by atoms with E-state index in [2.05, 4.69) is 91.0 Å². The van der Waals surface area contributed by atoms with E-state index in [0.29, 0.717) is 0 Å². The van der Waals surface area contributed by atoms with Crippen molar-refractivity contribution in [2.45, 2.75) is 0 Å². The Morgan fingerprint density at radius 1 is 0.224 bits per heavy atom. The molecule has 0 unspecified atom stereocenters. The Bertz CT molecular complexity index is 961. The van der Waals surface area contributed by atoms with Gasteiger partial charge in [0.25, 0.3) is 0 Å². The van der Waals surface area contributed by atoms with Crippen molar-refractivity contribution in [3.8, 4) is 0 Å². The zero-order valence-corrected chi connectivity index (χ0v) is 24.8. The molecule has 0 amide bonds. The van der Waals surface area contributed by atoms with Gasteiger partial charge in [0.1, 0.15) is 0 Å². The molecule has 0 heterocycles. The Labute approximate surface area is 265 Å². The van der Waals surface area contributed by atoms with Crippen molar-refractivity contribution in [1.82, 2.24) is 0 Å². The van der Waals surface area contributed by atoms with Gasteiger partial charge in [0.15, 0.2) is 0 Å². The second-order valence-corrected chi connectivity index (χ2v) is 11.5. The van der Waals surface area contributed by atoms with Crippen LogP contribution in [0, 0.1) is 0 Å². The first-order valence-corrected chi connectivity index (χ1v) is 14.2. The van der Waals surface area contributed by atoms with Crippen LogP contribution in [0.15, 0.2) is 91.0 Å². The number of hydrogen-bond acceptors (Lipinski definition) is 0. The van der Waals surface area contributed by atoms with Crippen LogP contribution in [0.1, 0.15) is 0 Å². The monoisotopic (exact) mass is 833 g/mol. The van der Waals surface area contributed by atoms with Crippen LogP contribution >= 0.6 is 0 Å². The first-order chi connectivity index (χ1) is 21.4. The number of benzene rings is 3. The molecule has 3 aromatic rings. The van der Waals surface area contributed by atoms with Crippen molar-refractivity contribution in [3.05, 3.63) is 91.0 Å². The molecule has 0 spiro atoms. The average molecular weight is 831 g/mol. The summed E-state index contributed by atoms with van der Waals surface area (Å²) in [5, 5.41) is 0. The van der Waals surface area contributed by atoms with Crippen LogP contribution in [-0.2, 0) is 0 Å². The van der Waals surface area contributed by atoms with Gasteiger partial charge in [-0.25, -0.2) is 0 Å². The van der Waals surface area contributed by atoms with Crippen LogP contribution in [0.5, 0.6) is 0 Å². The number of rotatable bonds is 3.